The second kappa shape index (κ2) is 7.14. The molecule has 0 fully saturated rings. The van der Waals surface area contributed by atoms with Crippen molar-refractivity contribution >= 4 is 5.69 Å². The van der Waals surface area contributed by atoms with Crippen molar-refractivity contribution in [2.24, 2.45) is 0 Å². The summed E-state index contributed by atoms with van der Waals surface area (Å²) in [7, 11) is 0. The van der Waals surface area contributed by atoms with Crippen molar-refractivity contribution in [3.8, 4) is 5.75 Å². The Labute approximate surface area is 126 Å². The number of anilines is 1. The van der Waals surface area contributed by atoms with Crippen molar-refractivity contribution in [3.63, 3.8) is 0 Å². The summed E-state index contributed by atoms with van der Waals surface area (Å²) in [5, 5.41) is 13.0. The molecule has 0 saturated heterocycles. The van der Waals surface area contributed by atoms with E-state index in [1.807, 2.05) is 50.2 Å². The maximum Gasteiger partial charge on any atom is 0.120 e. The molecule has 2 aromatic rings. The number of aliphatic hydroxyl groups is 1. The van der Waals surface area contributed by atoms with E-state index in [2.05, 4.69) is 24.4 Å². The van der Waals surface area contributed by atoms with Crippen molar-refractivity contribution in [3.05, 3.63) is 59.7 Å². The van der Waals surface area contributed by atoms with E-state index in [-0.39, 0.29) is 18.8 Å². The van der Waals surface area contributed by atoms with E-state index >= 15 is 0 Å². The molecular formula is C18H23NO2. The highest BCUT2D eigenvalue weighted by molar-refractivity contribution is 5.47. The molecule has 0 aliphatic carbocycles. The van der Waals surface area contributed by atoms with Gasteiger partial charge in [0.2, 0.25) is 0 Å². The Balaban J connectivity index is 2.15. The second-order valence-corrected chi connectivity index (χ2v) is 5.48. The van der Waals surface area contributed by atoms with Gasteiger partial charge in [-0.3, -0.25) is 0 Å². The van der Waals surface area contributed by atoms with Crippen molar-refractivity contribution in [1.82, 2.24) is 0 Å². The Morgan fingerprint density at radius 2 is 1.81 bits per heavy atom. The molecule has 21 heavy (non-hydrogen) atoms. The summed E-state index contributed by atoms with van der Waals surface area (Å²) < 4.78 is 5.71. The van der Waals surface area contributed by atoms with E-state index in [0.29, 0.717) is 0 Å². The minimum absolute atomic E-state index is 0.0268. The lowest BCUT2D eigenvalue weighted by atomic mass is 10.1. The zero-order chi connectivity index (χ0) is 15.2. The van der Waals surface area contributed by atoms with E-state index < -0.39 is 0 Å². The molecule has 0 bridgehead atoms. The van der Waals surface area contributed by atoms with Crippen LogP contribution in [0.15, 0.2) is 48.5 Å². The maximum absolute atomic E-state index is 9.66. The molecular weight excluding hydrogens is 262 g/mol. The normalized spacial score (nSPS) is 12.2. The van der Waals surface area contributed by atoms with Crippen LogP contribution in [0.2, 0.25) is 0 Å². The Morgan fingerprint density at radius 3 is 2.43 bits per heavy atom. The smallest absolute Gasteiger partial charge is 0.120 e. The number of nitrogens with one attached hydrogen (secondary N) is 1. The summed E-state index contributed by atoms with van der Waals surface area (Å²) in [6.07, 6.45) is 0.137. The summed E-state index contributed by atoms with van der Waals surface area (Å²) in [5.41, 5.74) is 3.22. The van der Waals surface area contributed by atoms with Crippen molar-refractivity contribution < 1.29 is 9.84 Å². The molecule has 0 spiro atoms. The third-order valence-corrected chi connectivity index (χ3v) is 3.21. The van der Waals surface area contributed by atoms with E-state index in [1.165, 1.54) is 5.56 Å². The highest BCUT2D eigenvalue weighted by Crippen LogP contribution is 2.23. The molecule has 0 aliphatic rings. The molecule has 2 rings (SSSR count). The lowest BCUT2D eigenvalue weighted by Gasteiger charge is -2.19. The highest BCUT2D eigenvalue weighted by Gasteiger charge is 2.11. The quantitative estimate of drug-likeness (QED) is 0.845. The Morgan fingerprint density at radius 1 is 1.10 bits per heavy atom. The fourth-order valence-corrected chi connectivity index (χ4v) is 2.16. The third-order valence-electron chi connectivity index (χ3n) is 3.21. The average Bonchev–Trinajstić information content (AvgIpc) is 2.46. The monoisotopic (exact) mass is 285 g/mol. The Bertz CT molecular complexity index is 564. The van der Waals surface area contributed by atoms with Gasteiger partial charge in [0.1, 0.15) is 5.75 Å². The van der Waals surface area contributed by atoms with Gasteiger partial charge in [-0.1, -0.05) is 29.8 Å². The van der Waals surface area contributed by atoms with Gasteiger partial charge in [-0.25, -0.2) is 0 Å². The largest absolute Gasteiger partial charge is 0.491 e. The average molecular weight is 285 g/mol. The highest BCUT2D eigenvalue weighted by atomic mass is 16.5. The number of benzene rings is 2. The first-order valence-electron chi connectivity index (χ1n) is 7.29. The van der Waals surface area contributed by atoms with Gasteiger partial charge in [-0.05, 0) is 50.6 Å². The molecule has 1 unspecified atom stereocenters. The van der Waals surface area contributed by atoms with E-state index in [4.69, 9.17) is 4.74 Å². The SMILES string of the molecule is Cc1ccc(NC(CO)c2cccc(OC(C)C)c2)cc1. The molecule has 0 heterocycles. The topological polar surface area (TPSA) is 41.5 Å². The van der Waals surface area contributed by atoms with Gasteiger partial charge in [0.05, 0.1) is 18.8 Å². The van der Waals surface area contributed by atoms with Crippen LogP contribution in [0.4, 0.5) is 5.69 Å². The van der Waals surface area contributed by atoms with Gasteiger partial charge in [-0.2, -0.15) is 0 Å². The molecule has 3 nitrogen and oxygen atoms in total. The fourth-order valence-electron chi connectivity index (χ4n) is 2.16. The van der Waals surface area contributed by atoms with Crippen LogP contribution >= 0.6 is 0 Å². The number of hydrogen-bond acceptors (Lipinski definition) is 3. The maximum atomic E-state index is 9.66. The summed E-state index contributed by atoms with van der Waals surface area (Å²) in [4.78, 5) is 0. The first-order valence-corrected chi connectivity index (χ1v) is 7.29. The van der Waals surface area contributed by atoms with Crippen LogP contribution in [-0.2, 0) is 0 Å². The second-order valence-electron chi connectivity index (χ2n) is 5.48. The fraction of sp³-hybridized carbons (Fsp3) is 0.333. The van der Waals surface area contributed by atoms with E-state index in [0.717, 1.165) is 17.0 Å². The van der Waals surface area contributed by atoms with E-state index in [9.17, 15) is 5.11 Å². The predicted octanol–water partition coefficient (Wildman–Crippen LogP) is 3.93. The Hall–Kier alpha value is -2.00. The van der Waals surface area contributed by atoms with Crippen LogP contribution in [0.5, 0.6) is 5.75 Å². The molecule has 112 valence electrons. The summed E-state index contributed by atoms with van der Waals surface area (Å²) in [6.45, 7) is 6.08. The van der Waals surface area contributed by atoms with Crippen LogP contribution in [-0.4, -0.2) is 17.8 Å². The number of hydrogen-bond donors (Lipinski definition) is 2. The Kier molecular flexibility index (Phi) is 5.23. The molecule has 2 aromatic carbocycles. The molecule has 0 radical (unpaired) electrons. The zero-order valence-electron chi connectivity index (χ0n) is 12.8. The molecule has 0 saturated carbocycles. The molecule has 2 N–H and O–H groups in total. The van der Waals surface area contributed by atoms with Gasteiger partial charge in [0.25, 0.3) is 0 Å². The number of ether oxygens (including phenoxy) is 1. The lowest BCUT2D eigenvalue weighted by Crippen LogP contribution is -2.15. The van der Waals surface area contributed by atoms with Gasteiger partial charge in [0.15, 0.2) is 0 Å². The van der Waals surface area contributed by atoms with Gasteiger partial charge in [-0.15, -0.1) is 0 Å². The minimum atomic E-state index is -0.150. The van der Waals surface area contributed by atoms with Gasteiger partial charge < -0.3 is 15.2 Å². The molecule has 0 aliphatic heterocycles. The van der Waals surface area contributed by atoms with Crippen LogP contribution in [0.25, 0.3) is 0 Å². The molecule has 0 amide bonds. The van der Waals surface area contributed by atoms with Crippen LogP contribution < -0.4 is 10.1 Å². The number of aliphatic hydroxyl groups excluding tert-OH is 1. The molecule has 0 aromatic heterocycles. The zero-order valence-corrected chi connectivity index (χ0v) is 12.8. The minimum Gasteiger partial charge on any atom is -0.491 e. The summed E-state index contributed by atoms with van der Waals surface area (Å²) in [5.74, 6) is 0.826. The van der Waals surface area contributed by atoms with Crippen molar-refractivity contribution in [2.45, 2.75) is 32.9 Å². The standard InChI is InChI=1S/C18H23NO2/c1-13(2)21-17-6-4-5-15(11-17)18(12-20)19-16-9-7-14(3)8-10-16/h4-11,13,18-20H,12H2,1-3H3. The molecule has 3 heteroatoms. The first-order chi connectivity index (χ1) is 10.1. The predicted molar refractivity (Wildman–Crippen MR) is 86.8 cm³/mol. The van der Waals surface area contributed by atoms with Crippen LogP contribution in [0.1, 0.15) is 31.0 Å². The lowest BCUT2D eigenvalue weighted by molar-refractivity contribution is 0.241. The van der Waals surface area contributed by atoms with Gasteiger partial charge in [0, 0.05) is 5.69 Å². The first kappa shape index (κ1) is 15.4. The summed E-state index contributed by atoms with van der Waals surface area (Å²) in [6, 6.07) is 15.8. The van der Waals surface area contributed by atoms with Crippen LogP contribution in [0, 0.1) is 6.92 Å². The van der Waals surface area contributed by atoms with Gasteiger partial charge >= 0.3 is 0 Å². The van der Waals surface area contributed by atoms with Crippen molar-refractivity contribution in [2.75, 3.05) is 11.9 Å². The van der Waals surface area contributed by atoms with Crippen LogP contribution in [0.3, 0.4) is 0 Å². The summed E-state index contributed by atoms with van der Waals surface area (Å²) >= 11 is 0. The number of rotatable bonds is 6. The van der Waals surface area contributed by atoms with E-state index in [1.54, 1.807) is 0 Å². The van der Waals surface area contributed by atoms with Crippen molar-refractivity contribution in [1.29, 1.82) is 0 Å². The third kappa shape index (κ3) is 4.50. The molecule has 1 atom stereocenters. The number of aryl methyl sites for hydroxylation is 1.